The van der Waals surface area contributed by atoms with Crippen molar-refractivity contribution in [2.24, 2.45) is 0 Å². The molecule has 1 aromatic carbocycles. The first-order chi connectivity index (χ1) is 8.81. The predicted molar refractivity (Wildman–Crippen MR) is 72.5 cm³/mol. The molecule has 0 amide bonds. The quantitative estimate of drug-likeness (QED) is 0.875. The summed E-state index contributed by atoms with van der Waals surface area (Å²) in [7, 11) is 1.94. The lowest BCUT2D eigenvalue weighted by Crippen LogP contribution is -2.08. The van der Waals surface area contributed by atoms with E-state index in [1.807, 2.05) is 25.2 Å². The van der Waals surface area contributed by atoms with Crippen molar-refractivity contribution in [1.82, 2.24) is 10.3 Å². The van der Waals surface area contributed by atoms with E-state index in [4.69, 9.17) is 4.74 Å². The van der Waals surface area contributed by atoms with Crippen molar-refractivity contribution in [3.05, 3.63) is 59.4 Å². The van der Waals surface area contributed by atoms with Crippen LogP contribution in [0.15, 0.2) is 42.6 Å². The Labute approximate surface area is 108 Å². The topological polar surface area (TPSA) is 34.1 Å². The van der Waals surface area contributed by atoms with Crippen LogP contribution < -0.4 is 10.1 Å². The summed E-state index contributed by atoms with van der Waals surface area (Å²) in [6.45, 7) is 3.37. The number of ether oxygens (including phenoxy) is 1. The lowest BCUT2D eigenvalue weighted by atomic mass is 10.1. The van der Waals surface area contributed by atoms with Crippen molar-refractivity contribution in [2.45, 2.75) is 20.1 Å². The highest BCUT2D eigenvalue weighted by atomic mass is 16.5. The van der Waals surface area contributed by atoms with Crippen LogP contribution in [0.25, 0.3) is 0 Å². The molecule has 0 radical (unpaired) electrons. The molecule has 18 heavy (non-hydrogen) atoms. The van der Waals surface area contributed by atoms with Gasteiger partial charge in [-0.25, -0.2) is 0 Å². The molecule has 2 aromatic rings. The minimum atomic E-state index is 0.502. The molecule has 1 aromatic heterocycles. The first-order valence-corrected chi connectivity index (χ1v) is 6.07. The molecule has 0 spiro atoms. The highest BCUT2D eigenvalue weighted by molar-refractivity contribution is 5.40. The number of nitrogens with one attached hydrogen (secondary N) is 1. The van der Waals surface area contributed by atoms with E-state index < -0.39 is 0 Å². The second-order valence-corrected chi connectivity index (χ2v) is 4.20. The van der Waals surface area contributed by atoms with Gasteiger partial charge in [-0.05, 0) is 31.7 Å². The number of benzene rings is 1. The molecule has 0 saturated carbocycles. The summed E-state index contributed by atoms with van der Waals surface area (Å²) >= 11 is 0. The van der Waals surface area contributed by atoms with E-state index in [-0.39, 0.29) is 0 Å². The average Bonchev–Trinajstić information content (AvgIpc) is 2.40. The zero-order valence-electron chi connectivity index (χ0n) is 10.8. The third-order valence-electron chi connectivity index (χ3n) is 2.75. The summed E-state index contributed by atoms with van der Waals surface area (Å²) in [5.41, 5.74) is 3.27. The Kier molecular flexibility index (Phi) is 4.31. The molecular formula is C15H18N2O. The fraction of sp³-hybridized carbons (Fsp3) is 0.267. The zero-order chi connectivity index (χ0) is 12.8. The molecule has 0 aliphatic carbocycles. The number of hydrogen-bond acceptors (Lipinski definition) is 3. The standard InChI is InChI=1S/C15H18N2O/c1-12-6-5-7-13(10-16-2)15(12)18-11-14-8-3-4-9-17-14/h3-9,16H,10-11H2,1-2H3. The number of rotatable bonds is 5. The van der Waals surface area contributed by atoms with Crippen LogP contribution in [0.5, 0.6) is 5.75 Å². The molecular weight excluding hydrogens is 224 g/mol. The van der Waals surface area contributed by atoms with E-state index >= 15 is 0 Å². The summed E-state index contributed by atoms with van der Waals surface area (Å²) in [4.78, 5) is 4.26. The van der Waals surface area contributed by atoms with Gasteiger partial charge < -0.3 is 10.1 Å². The summed E-state index contributed by atoms with van der Waals surface area (Å²) in [5.74, 6) is 0.956. The van der Waals surface area contributed by atoms with Gasteiger partial charge in [-0.1, -0.05) is 24.3 Å². The molecule has 0 unspecified atom stereocenters. The molecule has 1 heterocycles. The van der Waals surface area contributed by atoms with Crippen LogP contribution in [0.4, 0.5) is 0 Å². The Hall–Kier alpha value is -1.87. The molecule has 3 heteroatoms. The minimum absolute atomic E-state index is 0.502. The van der Waals surface area contributed by atoms with E-state index in [9.17, 15) is 0 Å². The lowest BCUT2D eigenvalue weighted by molar-refractivity contribution is 0.295. The molecule has 0 atom stereocenters. The fourth-order valence-corrected chi connectivity index (χ4v) is 1.88. The summed E-state index contributed by atoms with van der Waals surface area (Å²) in [6.07, 6.45) is 1.78. The highest BCUT2D eigenvalue weighted by Gasteiger charge is 2.06. The maximum absolute atomic E-state index is 5.90. The van der Waals surface area contributed by atoms with Gasteiger partial charge in [-0.2, -0.15) is 0 Å². The van der Waals surface area contributed by atoms with Gasteiger partial charge in [0.1, 0.15) is 12.4 Å². The van der Waals surface area contributed by atoms with Crippen molar-refractivity contribution >= 4 is 0 Å². The fourth-order valence-electron chi connectivity index (χ4n) is 1.88. The predicted octanol–water partition coefficient (Wildman–Crippen LogP) is 2.69. The van der Waals surface area contributed by atoms with Crippen molar-refractivity contribution in [3.63, 3.8) is 0 Å². The SMILES string of the molecule is CNCc1cccc(C)c1OCc1ccccn1. The maximum Gasteiger partial charge on any atom is 0.130 e. The maximum atomic E-state index is 5.90. The van der Waals surface area contributed by atoms with Crippen LogP contribution in [0.2, 0.25) is 0 Å². The van der Waals surface area contributed by atoms with Gasteiger partial charge in [-0.15, -0.1) is 0 Å². The number of para-hydroxylation sites is 1. The Balaban J connectivity index is 2.13. The van der Waals surface area contributed by atoms with Gasteiger partial charge in [-0.3, -0.25) is 4.98 Å². The van der Waals surface area contributed by atoms with Crippen LogP contribution in [0.1, 0.15) is 16.8 Å². The summed E-state index contributed by atoms with van der Waals surface area (Å²) in [5, 5.41) is 3.15. The molecule has 0 fully saturated rings. The number of aryl methyl sites for hydroxylation is 1. The molecule has 3 nitrogen and oxygen atoms in total. The molecule has 0 aliphatic heterocycles. The first kappa shape index (κ1) is 12.6. The van der Waals surface area contributed by atoms with Crippen molar-refractivity contribution in [1.29, 1.82) is 0 Å². The van der Waals surface area contributed by atoms with Crippen molar-refractivity contribution in [3.8, 4) is 5.75 Å². The molecule has 0 aliphatic rings. The first-order valence-electron chi connectivity index (χ1n) is 6.07. The van der Waals surface area contributed by atoms with Crippen LogP contribution in [-0.2, 0) is 13.2 Å². The largest absolute Gasteiger partial charge is 0.487 e. The summed E-state index contributed by atoms with van der Waals surface area (Å²) in [6, 6.07) is 12.0. The minimum Gasteiger partial charge on any atom is -0.487 e. The van der Waals surface area contributed by atoms with Crippen molar-refractivity contribution in [2.75, 3.05) is 7.05 Å². The van der Waals surface area contributed by atoms with Gasteiger partial charge >= 0.3 is 0 Å². The average molecular weight is 242 g/mol. The Morgan fingerprint density at radius 1 is 1.17 bits per heavy atom. The number of nitrogens with zero attached hydrogens (tertiary/aromatic N) is 1. The van der Waals surface area contributed by atoms with E-state index in [2.05, 4.69) is 35.4 Å². The Morgan fingerprint density at radius 2 is 2.06 bits per heavy atom. The molecule has 0 saturated heterocycles. The second kappa shape index (κ2) is 6.17. The van der Waals surface area contributed by atoms with Crippen molar-refractivity contribution < 1.29 is 4.74 Å². The van der Waals surface area contributed by atoms with Gasteiger partial charge in [0, 0.05) is 18.3 Å². The van der Waals surface area contributed by atoms with Crippen LogP contribution in [-0.4, -0.2) is 12.0 Å². The number of aromatic nitrogens is 1. The van der Waals surface area contributed by atoms with E-state index in [0.717, 1.165) is 23.6 Å². The normalized spacial score (nSPS) is 10.3. The number of pyridine rings is 1. The Bertz CT molecular complexity index is 497. The molecule has 94 valence electrons. The van der Waals surface area contributed by atoms with E-state index in [1.54, 1.807) is 6.20 Å². The lowest BCUT2D eigenvalue weighted by Gasteiger charge is -2.13. The monoisotopic (exact) mass is 242 g/mol. The van der Waals surface area contributed by atoms with Gasteiger partial charge in [0.15, 0.2) is 0 Å². The van der Waals surface area contributed by atoms with Crippen LogP contribution >= 0.6 is 0 Å². The third kappa shape index (κ3) is 3.08. The van der Waals surface area contributed by atoms with Gasteiger partial charge in [0.25, 0.3) is 0 Å². The van der Waals surface area contributed by atoms with Crippen LogP contribution in [0, 0.1) is 6.92 Å². The molecule has 2 rings (SSSR count). The molecule has 0 bridgehead atoms. The zero-order valence-corrected chi connectivity index (χ0v) is 10.8. The third-order valence-corrected chi connectivity index (χ3v) is 2.75. The highest BCUT2D eigenvalue weighted by Crippen LogP contribution is 2.24. The summed E-state index contributed by atoms with van der Waals surface area (Å²) < 4.78 is 5.90. The van der Waals surface area contributed by atoms with Crippen LogP contribution in [0.3, 0.4) is 0 Å². The number of hydrogen-bond donors (Lipinski definition) is 1. The second-order valence-electron chi connectivity index (χ2n) is 4.20. The van der Waals surface area contributed by atoms with Gasteiger partial charge in [0.05, 0.1) is 5.69 Å². The Morgan fingerprint density at radius 3 is 2.78 bits per heavy atom. The smallest absolute Gasteiger partial charge is 0.130 e. The van der Waals surface area contributed by atoms with E-state index in [1.165, 1.54) is 5.56 Å². The van der Waals surface area contributed by atoms with Gasteiger partial charge in [0.2, 0.25) is 0 Å². The van der Waals surface area contributed by atoms with E-state index in [0.29, 0.717) is 6.61 Å². The molecule has 1 N–H and O–H groups in total.